The number of phenols is 1. The number of aliphatic hydroxyl groups is 1. The van der Waals surface area contributed by atoms with Crippen LogP contribution in [0.5, 0.6) is 5.75 Å². The van der Waals surface area contributed by atoms with E-state index in [1.807, 2.05) is 0 Å². The molecule has 2 N–H and O–H groups in total. The summed E-state index contributed by atoms with van der Waals surface area (Å²) in [5, 5.41) is 17.9. The number of aromatic hydroxyl groups is 1. The molecule has 1 rings (SSSR count). The minimum absolute atomic E-state index is 0.0920. The van der Waals surface area contributed by atoms with E-state index in [2.05, 4.69) is 0 Å². The van der Waals surface area contributed by atoms with Crippen LogP contribution in [0.25, 0.3) is 0 Å². The fourth-order valence-corrected chi connectivity index (χ4v) is 1.59. The summed E-state index contributed by atoms with van der Waals surface area (Å²) >= 11 is 0. The Morgan fingerprint density at radius 3 is 2.46 bits per heavy atom. The van der Waals surface area contributed by atoms with E-state index in [0.717, 1.165) is 6.26 Å². The van der Waals surface area contributed by atoms with E-state index in [4.69, 9.17) is 10.2 Å². The zero-order valence-corrected chi connectivity index (χ0v) is 7.87. The Morgan fingerprint density at radius 2 is 2.00 bits per heavy atom. The highest BCUT2D eigenvalue weighted by Crippen LogP contribution is 2.20. The lowest BCUT2D eigenvalue weighted by Crippen LogP contribution is -1.98. The van der Waals surface area contributed by atoms with E-state index in [1.54, 1.807) is 0 Å². The largest absolute Gasteiger partial charge is 0.508 e. The van der Waals surface area contributed by atoms with Gasteiger partial charge in [0.05, 0.1) is 11.5 Å². The van der Waals surface area contributed by atoms with Crippen molar-refractivity contribution >= 4 is 9.84 Å². The highest BCUT2D eigenvalue weighted by molar-refractivity contribution is 7.90. The molecule has 4 nitrogen and oxygen atoms in total. The second-order valence-corrected chi connectivity index (χ2v) is 4.74. The van der Waals surface area contributed by atoms with Crippen LogP contribution in [0.2, 0.25) is 0 Å². The molecule has 0 spiro atoms. The van der Waals surface area contributed by atoms with Gasteiger partial charge in [-0.15, -0.1) is 0 Å². The Hall–Kier alpha value is -1.07. The van der Waals surface area contributed by atoms with Gasteiger partial charge in [0, 0.05) is 11.8 Å². The normalized spacial score (nSPS) is 11.5. The third-order valence-electron chi connectivity index (χ3n) is 1.65. The third kappa shape index (κ3) is 2.19. The molecule has 72 valence electrons. The zero-order chi connectivity index (χ0) is 10.1. The van der Waals surface area contributed by atoms with Crippen molar-refractivity contribution < 1.29 is 18.6 Å². The molecule has 0 aliphatic carbocycles. The second-order valence-electron chi connectivity index (χ2n) is 2.72. The molecule has 0 unspecified atom stereocenters. The molecule has 0 atom stereocenters. The van der Waals surface area contributed by atoms with E-state index >= 15 is 0 Å². The van der Waals surface area contributed by atoms with Crippen molar-refractivity contribution in [2.75, 3.05) is 6.26 Å². The second kappa shape index (κ2) is 3.35. The third-order valence-corrected chi connectivity index (χ3v) is 2.76. The fourth-order valence-electron chi connectivity index (χ4n) is 0.919. The Morgan fingerprint density at radius 1 is 1.38 bits per heavy atom. The van der Waals surface area contributed by atoms with Crippen molar-refractivity contribution in [1.29, 1.82) is 0 Å². The topological polar surface area (TPSA) is 74.6 Å². The summed E-state index contributed by atoms with van der Waals surface area (Å²) in [7, 11) is -3.27. The van der Waals surface area contributed by atoms with Crippen molar-refractivity contribution in [3.05, 3.63) is 23.8 Å². The Labute approximate surface area is 76.4 Å². The van der Waals surface area contributed by atoms with Gasteiger partial charge in [-0.1, -0.05) is 0 Å². The van der Waals surface area contributed by atoms with Crippen LogP contribution in [-0.4, -0.2) is 24.9 Å². The summed E-state index contributed by atoms with van der Waals surface area (Å²) in [5.41, 5.74) is 0.211. The molecule has 0 saturated carbocycles. The quantitative estimate of drug-likeness (QED) is 0.722. The molecule has 13 heavy (non-hydrogen) atoms. The van der Waals surface area contributed by atoms with Gasteiger partial charge in [0.25, 0.3) is 0 Å². The van der Waals surface area contributed by atoms with Gasteiger partial charge in [0.15, 0.2) is 9.84 Å². The van der Waals surface area contributed by atoms with Gasteiger partial charge in [0.2, 0.25) is 0 Å². The molecule has 1 aromatic rings. The number of aliphatic hydroxyl groups excluding tert-OH is 1. The van der Waals surface area contributed by atoms with Crippen LogP contribution in [0, 0.1) is 0 Å². The van der Waals surface area contributed by atoms with Crippen molar-refractivity contribution in [2.45, 2.75) is 11.5 Å². The lowest BCUT2D eigenvalue weighted by molar-refractivity contribution is 0.275. The first-order valence-electron chi connectivity index (χ1n) is 3.58. The van der Waals surface area contributed by atoms with Crippen LogP contribution >= 0.6 is 0 Å². The van der Waals surface area contributed by atoms with Crippen molar-refractivity contribution in [3.63, 3.8) is 0 Å². The van der Waals surface area contributed by atoms with E-state index in [0.29, 0.717) is 0 Å². The van der Waals surface area contributed by atoms with Crippen LogP contribution in [0.1, 0.15) is 5.56 Å². The van der Waals surface area contributed by atoms with Crippen LogP contribution < -0.4 is 0 Å². The van der Waals surface area contributed by atoms with Gasteiger partial charge in [-0.25, -0.2) is 8.42 Å². The van der Waals surface area contributed by atoms with Crippen molar-refractivity contribution in [1.82, 2.24) is 0 Å². The summed E-state index contributed by atoms with van der Waals surface area (Å²) in [6.45, 7) is -0.380. The summed E-state index contributed by atoms with van der Waals surface area (Å²) < 4.78 is 22.1. The highest BCUT2D eigenvalue weighted by Gasteiger charge is 2.09. The number of hydrogen-bond donors (Lipinski definition) is 2. The molecule has 0 aliphatic rings. The summed E-state index contributed by atoms with van der Waals surface area (Å²) in [5.74, 6) is -0.102. The minimum atomic E-state index is -3.27. The molecule has 1 aromatic carbocycles. The summed E-state index contributed by atoms with van der Waals surface area (Å²) in [6, 6.07) is 3.80. The molecule has 5 heteroatoms. The van der Waals surface area contributed by atoms with Crippen LogP contribution in [-0.2, 0) is 16.4 Å². The van der Waals surface area contributed by atoms with Gasteiger partial charge in [0.1, 0.15) is 5.75 Å². The van der Waals surface area contributed by atoms with Crippen molar-refractivity contribution in [2.24, 2.45) is 0 Å². The van der Waals surface area contributed by atoms with Gasteiger partial charge < -0.3 is 10.2 Å². The number of sulfone groups is 1. The molecule has 0 saturated heterocycles. The van der Waals surface area contributed by atoms with Crippen LogP contribution in [0.4, 0.5) is 0 Å². The number of rotatable bonds is 2. The highest BCUT2D eigenvalue weighted by atomic mass is 32.2. The minimum Gasteiger partial charge on any atom is -0.508 e. The molecular formula is C8H10O4S. The maximum Gasteiger partial charge on any atom is 0.175 e. The Bertz CT molecular complexity index is 408. The molecule has 0 bridgehead atoms. The summed E-state index contributed by atoms with van der Waals surface area (Å²) in [6.07, 6.45) is 1.07. The van der Waals surface area contributed by atoms with E-state index < -0.39 is 9.84 Å². The number of benzene rings is 1. The summed E-state index contributed by atoms with van der Waals surface area (Å²) in [4.78, 5) is 0.0920. The first kappa shape index (κ1) is 10.0. The average molecular weight is 202 g/mol. The predicted octanol–water partition coefficient (Wildman–Crippen LogP) is 0.288. The molecule has 0 amide bonds. The average Bonchev–Trinajstić information content (AvgIpc) is 2.03. The maximum atomic E-state index is 11.0. The zero-order valence-electron chi connectivity index (χ0n) is 7.06. The van der Waals surface area contributed by atoms with Crippen molar-refractivity contribution in [3.8, 4) is 5.75 Å². The molecule has 0 aliphatic heterocycles. The van der Waals surface area contributed by atoms with E-state index in [9.17, 15) is 8.42 Å². The van der Waals surface area contributed by atoms with Crippen LogP contribution in [0.3, 0.4) is 0 Å². The first-order chi connectivity index (χ1) is 5.95. The Balaban J connectivity index is 3.30. The van der Waals surface area contributed by atoms with Gasteiger partial charge in [-0.05, 0) is 18.2 Å². The standard InChI is InChI=1S/C8H10O4S/c1-13(11,12)7-2-3-8(10)6(4-7)5-9/h2-4,9-10H,5H2,1H3. The van der Waals surface area contributed by atoms with Crippen LogP contribution in [0.15, 0.2) is 23.1 Å². The SMILES string of the molecule is CS(=O)(=O)c1ccc(O)c(CO)c1. The van der Waals surface area contributed by atoms with E-state index in [-0.39, 0.29) is 22.8 Å². The monoisotopic (exact) mass is 202 g/mol. The molecule has 0 radical (unpaired) electrons. The van der Waals surface area contributed by atoms with E-state index in [1.165, 1.54) is 18.2 Å². The Kier molecular flexibility index (Phi) is 2.58. The molecule has 0 heterocycles. The van der Waals surface area contributed by atoms with Gasteiger partial charge in [-0.2, -0.15) is 0 Å². The van der Waals surface area contributed by atoms with Gasteiger partial charge >= 0.3 is 0 Å². The molecular weight excluding hydrogens is 192 g/mol. The van der Waals surface area contributed by atoms with Gasteiger partial charge in [-0.3, -0.25) is 0 Å². The smallest absolute Gasteiger partial charge is 0.175 e. The predicted molar refractivity (Wildman–Crippen MR) is 47.1 cm³/mol. The molecule has 0 aromatic heterocycles. The first-order valence-corrected chi connectivity index (χ1v) is 5.47. The fraction of sp³-hybridized carbons (Fsp3) is 0.250. The lowest BCUT2D eigenvalue weighted by atomic mass is 10.2. The maximum absolute atomic E-state index is 11.0. The lowest BCUT2D eigenvalue weighted by Gasteiger charge is -2.03. The molecule has 0 fully saturated rings. The number of hydrogen-bond acceptors (Lipinski definition) is 4.